The van der Waals surface area contributed by atoms with Gasteiger partial charge in [0.25, 0.3) is 0 Å². The maximum absolute atomic E-state index is 12.8. The fourth-order valence-corrected chi connectivity index (χ4v) is 19.0. The summed E-state index contributed by atoms with van der Waals surface area (Å²) in [6, 6.07) is 0. The van der Waals surface area contributed by atoms with E-state index >= 15 is 0 Å². The van der Waals surface area contributed by atoms with Gasteiger partial charge in [0.1, 0.15) is 42.9 Å². The fourth-order valence-electron chi connectivity index (χ4n) is 19.0. The smallest absolute Gasteiger partial charge is 0.309 e. The number of cyclic esters (lactones) is 2. The van der Waals surface area contributed by atoms with E-state index in [1.165, 1.54) is 134 Å². The van der Waals surface area contributed by atoms with Crippen molar-refractivity contribution in [3.05, 3.63) is 197 Å². The molecule has 16 unspecified atom stereocenters. The Bertz CT molecular complexity index is 4950. The van der Waals surface area contributed by atoms with E-state index < -0.39 is 36.5 Å². The number of methoxy groups -OCH3 is 10. The molecule has 7 aliphatic rings. The average Bonchev–Trinajstić information content (AvgIpc) is 1.47. The van der Waals surface area contributed by atoms with Crippen LogP contribution in [0.2, 0.25) is 0 Å². The summed E-state index contributed by atoms with van der Waals surface area (Å²) in [5.74, 6) is -2.08. The number of hydrogen-bond donors (Lipinski definition) is 5. The lowest BCUT2D eigenvalue weighted by atomic mass is 9.77. The molecule has 0 radical (unpaired) electrons. The molecule has 147 heavy (non-hydrogen) atoms. The fraction of sp³-hybridized carbons (Fsp3) is 0.630. The molecule has 0 spiro atoms. The van der Waals surface area contributed by atoms with Gasteiger partial charge in [-0.3, -0.25) is 47.9 Å². The topological polar surface area (TPSA) is 398 Å². The van der Waals surface area contributed by atoms with Crippen molar-refractivity contribution in [2.45, 2.75) is 342 Å². The number of hydrogen-bond acceptors (Lipinski definition) is 28. The molecule has 2 aliphatic heterocycles. The molecular weight excluding hydrogens is 1880 g/mol. The molecule has 0 amide bonds. The third-order valence-electron chi connectivity index (χ3n) is 29.2. The third kappa shape index (κ3) is 41.4. The van der Waals surface area contributed by atoms with Crippen LogP contribution in [0.1, 0.15) is 299 Å². The number of Topliss-reactive ketones (excluding diaryl/α,β-unsaturated/α-hetero) is 6. The largest absolute Gasteiger partial charge is 0.494 e. The molecule has 2 heterocycles. The Morgan fingerprint density at radius 3 is 0.850 bits per heavy atom. The maximum atomic E-state index is 12.8. The second-order valence-corrected chi connectivity index (χ2v) is 40.7. The van der Waals surface area contributed by atoms with Crippen LogP contribution in [0.4, 0.5) is 0 Å². The predicted octanol–water partition coefficient (Wildman–Crippen LogP) is 21.6. The first kappa shape index (κ1) is 131. The quantitative estimate of drug-likeness (QED) is 0.0124. The first-order chi connectivity index (χ1) is 69.5. The number of carbonyl (C=O) groups excluding carboxylic acids is 10. The van der Waals surface area contributed by atoms with Crippen LogP contribution in [-0.2, 0) is 110 Å². The first-order valence-electron chi connectivity index (χ1n) is 52.2. The molecule has 5 aliphatic carbocycles. The summed E-state index contributed by atoms with van der Waals surface area (Å²) in [7, 11) is 14.4. The van der Waals surface area contributed by atoms with Gasteiger partial charge in [-0.05, 0) is 242 Å². The second-order valence-electron chi connectivity index (χ2n) is 40.7. The minimum atomic E-state index is -0.861. The minimum Gasteiger partial charge on any atom is -0.494 e. The molecule has 6 N–H and O–H groups in total. The maximum Gasteiger partial charge on any atom is 0.309 e. The number of allylic oxidation sites excluding steroid dienone is 26. The number of esters is 3. The highest BCUT2D eigenvalue weighted by Gasteiger charge is 2.49. The number of carbonyl (C=O) groups is 10. The molecular formula is C119H181NO27. The zero-order valence-corrected chi connectivity index (χ0v) is 94.4. The highest BCUT2D eigenvalue weighted by Crippen LogP contribution is 2.43. The summed E-state index contributed by atoms with van der Waals surface area (Å²) in [5.41, 5.74) is 19.6. The molecule has 28 heteroatoms. The van der Waals surface area contributed by atoms with Crippen molar-refractivity contribution in [1.29, 1.82) is 0 Å². The summed E-state index contributed by atoms with van der Waals surface area (Å²) in [6.45, 7) is 41.0. The Kier molecular flexibility index (Phi) is 60.0. The third-order valence-corrected chi connectivity index (χ3v) is 29.2. The van der Waals surface area contributed by atoms with Gasteiger partial charge in [0.15, 0.2) is 40.7 Å². The van der Waals surface area contributed by atoms with Crippen molar-refractivity contribution in [2.75, 3.05) is 77.6 Å². The summed E-state index contributed by atoms with van der Waals surface area (Å²) < 4.78 is 68.7. The Morgan fingerprint density at radius 1 is 0.320 bits per heavy atom. The highest BCUT2D eigenvalue weighted by atomic mass is 16.6. The Morgan fingerprint density at radius 2 is 0.578 bits per heavy atom. The van der Waals surface area contributed by atoms with Crippen LogP contribution in [0.5, 0.6) is 0 Å². The molecule has 2 saturated heterocycles. The Balaban J connectivity index is 0.000000474. The second kappa shape index (κ2) is 67.5. The van der Waals surface area contributed by atoms with Crippen molar-refractivity contribution in [3.63, 3.8) is 0 Å². The highest BCUT2D eigenvalue weighted by molar-refractivity contribution is 5.99. The summed E-state index contributed by atoms with van der Waals surface area (Å²) in [5, 5.41) is 42.5. The molecule has 0 aromatic carbocycles. The average molecular weight is 2060 g/mol. The summed E-state index contributed by atoms with van der Waals surface area (Å²) >= 11 is 0. The van der Waals surface area contributed by atoms with Gasteiger partial charge in [-0.2, -0.15) is 0 Å². The van der Waals surface area contributed by atoms with Crippen molar-refractivity contribution in [2.24, 2.45) is 76.7 Å². The molecule has 7 rings (SSSR count). The van der Waals surface area contributed by atoms with Gasteiger partial charge in [0, 0.05) is 85.5 Å². The van der Waals surface area contributed by atoms with E-state index in [2.05, 4.69) is 123 Å². The van der Waals surface area contributed by atoms with Crippen molar-refractivity contribution >= 4 is 58.9 Å². The molecule has 28 nitrogen and oxygen atoms in total. The van der Waals surface area contributed by atoms with Crippen LogP contribution < -0.4 is 5.73 Å². The van der Waals surface area contributed by atoms with Gasteiger partial charge < -0.3 is 87.7 Å². The lowest BCUT2D eigenvalue weighted by Gasteiger charge is -2.35. The number of aldehydes is 1. The van der Waals surface area contributed by atoms with E-state index in [-0.39, 0.29) is 187 Å². The standard InChI is InChI=1S/C26H38O7.C25H38O6.C25H38O5.C24H36O5.C19H31NO4/c1-15(9-8-10-16(2)13-20-14-17(3)26(29)33-20)11-12-21-18(4)22(28)24(30-6)25(31-7)23(21)32-19(5)27;1-15(8-7-9-16(2)14-19-12-11-17(3)25(28)31-19)10-13-20-18(4)21(26)23(29-5)24(30-6)22(20)27;1-16(12-9-13-18(3)20(5)26)10-8-11-17(2)14-15-21-19(4)22(27)24(29-6)25(30-7)23(21)28;1-16(10-8-12-18(3)15-25)9-7-11-17(2)13-14-20-19(4)21(26)23(28-5)24(29-6)22(20)27;1-12(7-6-8-13(2)11-20)9-10-15-14(3)16(21)18(23-4)19(24-5)17(15)22/h10-11,17-18,20-21,23H,8-9,12-14H2,1-7H3;9-10,17-20,22,27H,7-8,11-14H2,1-6H3;10,13-14,19,21,23,28H,8-9,11-12,15H2,1-7H3;9,12-13,15,19-20,22,27H,7-8,10-11,14H2,1-6H3;8-9,14-15,17,22H,6-7,10-11,20H2,1-5H3/b15-11+,16-10+;15-10+,16-9+;16-10+,17-14+,18-13+;16-9+,17-13+,18-12+;12-9+,13-8+/t17?,18-,20?,21-,23-;;;;/m1..../s1. The van der Waals surface area contributed by atoms with Crippen LogP contribution in [0, 0.1) is 71.0 Å². The lowest BCUT2D eigenvalue weighted by Crippen LogP contribution is -2.42. The first-order valence-corrected chi connectivity index (χ1v) is 52.2. The molecule has 2 fully saturated rings. The summed E-state index contributed by atoms with van der Waals surface area (Å²) in [4.78, 5) is 120. The van der Waals surface area contributed by atoms with Crippen LogP contribution in [-0.4, -0.2) is 200 Å². The number of rotatable bonds is 49. The normalized spacial score (nSPS) is 26.6. The number of aliphatic hydroxyl groups excluding tert-OH is 4. The molecule has 824 valence electrons. The SMILES string of the molecule is COC1=C(OC)C(O)C(C/C=C(\C)CC/C=C(\C)CC/C=C(\C)C(C)=O)C(C)C1=O.COC1=C(OC)C(O)C(C/C=C(\C)CC/C=C(\C)CC/C=C(\C)C=O)C(C)C1=O.COC1=C(OC)C(O)C(C/C=C(\C)CC/C=C(\C)CC2CCC(C)C(=O)O2)C(C)C1=O.COC1=C(OC)C(O)C(C/C=C(\C)CC/C=C(\C)CN)C(C)C1=O.COC1=C(OC)[C@H](OC(C)=O)[C@H](C/C=C(\C)CC/C=C(\C)CC2CC(C)C(=O)O2)[C@@H](C)C1=O. The van der Waals surface area contributed by atoms with Gasteiger partial charge in [-0.25, -0.2) is 0 Å². The van der Waals surface area contributed by atoms with Crippen LogP contribution >= 0.6 is 0 Å². The zero-order valence-electron chi connectivity index (χ0n) is 94.4. The van der Waals surface area contributed by atoms with E-state index in [1.54, 1.807) is 6.92 Å². The van der Waals surface area contributed by atoms with E-state index in [0.717, 1.165) is 139 Å². The van der Waals surface area contributed by atoms with Crippen molar-refractivity contribution in [3.8, 4) is 0 Å². The van der Waals surface area contributed by atoms with Crippen molar-refractivity contribution in [1.82, 2.24) is 0 Å². The molecule has 0 saturated carbocycles. The van der Waals surface area contributed by atoms with Crippen LogP contribution in [0.15, 0.2) is 197 Å². The Labute approximate surface area is 878 Å². The number of ether oxygens (including phenoxy) is 13. The lowest BCUT2D eigenvalue weighted by molar-refractivity contribution is -0.159. The van der Waals surface area contributed by atoms with Crippen molar-refractivity contribution < 1.29 is 130 Å². The van der Waals surface area contributed by atoms with Gasteiger partial charge in [-0.1, -0.05) is 177 Å². The van der Waals surface area contributed by atoms with Crippen LogP contribution in [0.3, 0.4) is 0 Å². The number of nitrogens with two attached hydrogens (primary N) is 1. The van der Waals surface area contributed by atoms with E-state index in [1.807, 2.05) is 81.4 Å². The van der Waals surface area contributed by atoms with Gasteiger partial charge in [0.05, 0.1) is 82.9 Å². The monoisotopic (exact) mass is 2060 g/mol. The molecule has 0 aromatic rings. The van der Waals surface area contributed by atoms with Gasteiger partial charge >= 0.3 is 17.9 Å². The number of ketones is 6. The molecule has 0 bridgehead atoms. The molecule has 19 atom stereocenters. The number of aliphatic hydroxyl groups is 4. The minimum absolute atomic E-state index is 0.00318. The Hall–Kier alpha value is -10.5. The van der Waals surface area contributed by atoms with E-state index in [4.69, 9.17) is 67.3 Å². The summed E-state index contributed by atoms with van der Waals surface area (Å²) in [6.07, 6.45) is 42.5. The van der Waals surface area contributed by atoms with Crippen LogP contribution in [0.25, 0.3) is 0 Å². The zero-order chi connectivity index (χ0) is 111. The predicted molar refractivity (Wildman–Crippen MR) is 573 cm³/mol. The van der Waals surface area contributed by atoms with E-state index in [0.29, 0.717) is 38.6 Å². The van der Waals surface area contributed by atoms with E-state index in [9.17, 15) is 68.4 Å². The van der Waals surface area contributed by atoms with Gasteiger partial charge in [0.2, 0.25) is 57.7 Å². The van der Waals surface area contributed by atoms with Gasteiger partial charge in [-0.15, -0.1) is 0 Å². The molecule has 0 aromatic heterocycles.